The topological polar surface area (TPSA) is 81.8 Å². The predicted molar refractivity (Wildman–Crippen MR) is 84.2 cm³/mol. The Morgan fingerprint density at radius 2 is 1.95 bits per heavy atom. The van der Waals surface area contributed by atoms with E-state index in [4.69, 9.17) is 0 Å². The van der Waals surface area contributed by atoms with Crippen LogP contribution in [0.3, 0.4) is 0 Å². The lowest BCUT2D eigenvalue weighted by Gasteiger charge is -2.34. The summed E-state index contributed by atoms with van der Waals surface area (Å²) in [5, 5.41) is 5.00. The molecule has 7 nitrogen and oxygen atoms in total. The largest absolute Gasteiger partial charge is 0.344 e. The molecule has 1 rings (SSSR count). The van der Waals surface area contributed by atoms with Crippen LogP contribution in [0.5, 0.6) is 0 Å². The number of hydrogen-bond acceptors (Lipinski definition) is 3. The average Bonchev–Trinajstić information content (AvgIpc) is 2.53. The third-order valence-corrected chi connectivity index (χ3v) is 3.95. The lowest BCUT2D eigenvalue weighted by Crippen LogP contribution is -2.49. The number of urea groups is 1. The standard InChI is InChI=1S/C15H26N4O3/c1-5-13(20)19-8-6-12(7-9-19)10-18(4)14(21)11(2)17-15(22)16-3/h5,11-12H,1,6-10H2,2-4H3,(H2,16,17,22)/t11-/m1/s1. The van der Waals surface area contributed by atoms with Gasteiger partial charge in [-0.1, -0.05) is 6.58 Å². The highest BCUT2D eigenvalue weighted by Gasteiger charge is 2.25. The lowest BCUT2D eigenvalue weighted by atomic mass is 9.96. The number of amides is 4. The molecule has 0 aromatic carbocycles. The summed E-state index contributed by atoms with van der Waals surface area (Å²) in [5.41, 5.74) is 0. The normalized spacial score (nSPS) is 16.6. The minimum atomic E-state index is -0.563. The van der Waals surface area contributed by atoms with E-state index < -0.39 is 6.04 Å². The molecule has 4 amide bonds. The molecule has 1 aliphatic rings. The van der Waals surface area contributed by atoms with Gasteiger partial charge in [-0.25, -0.2) is 4.79 Å². The van der Waals surface area contributed by atoms with E-state index in [0.717, 1.165) is 12.8 Å². The first kappa shape index (κ1) is 18.0. The van der Waals surface area contributed by atoms with E-state index in [-0.39, 0.29) is 17.8 Å². The molecule has 1 aliphatic heterocycles. The maximum absolute atomic E-state index is 12.2. The summed E-state index contributed by atoms with van der Waals surface area (Å²) in [5.74, 6) is 0.217. The number of likely N-dealkylation sites (tertiary alicyclic amines) is 1. The minimum absolute atomic E-state index is 0.0359. The van der Waals surface area contributed by atoms with Crippen molar-refractivity contribution < 1.29 is 14.4 Å². The molecule has 1 fully saturated rings. The summed E-state index contributed by atoms with van der Waals surface area (Å²) >= 11 is 0. The van der Waals surface area contributed by atoms with Crippen molar-refractivity contribution in [3.8, 4) is 0 Å². The molecule has 0 aromatic rings. The highest BCUT2D eigenvalue weighted by atomic mass is 16.2. The summed E-state index contributed by atoms with van der Waals surface area (Å²) in [6.45, 7) is 7.19. The van der Waals surface area contributed by atoms with E-state index in [1.165, 1.54) is 13.1 Å². The first-order valence-electron chi connectivity index (χ1n) is 7.53. The molecule has 0 radical (unpaired) electrons. The third kappa shape index (κ3) is 5.05. The molecule has 1 heterocycles. The van der Waals surface area contributed by atoms with Crippen molar-refractivity contribution in [2.75, 3.05) is 33.7 Å². The van der Waals surface area contributed by atoms with Crippen LogP contribution >= 0.6 is 0 Å². The van der Waals surface area contributed by atoms with Gasteiger partial charge >= 0.3 is 6.03 Å². The fraction of sp³-hybridized carbons (Fsp3) is 0.667. The van der Waals surface area contributed by atoms with Crippen molar-refractivity contribution in [1.82, 2.24) is 20.4 Å². The van der Waals surface area contributed by atoms with Crippen LogP contribution in [0, 0.1) is 5.92 Å². The van der Waals surface area contributed by atoms with Gasteiger partial charge < -0.3 is 20.4 Å². The number of carbonyl (C=O) groups is 3. The van der Waals surface area contributed by atoms with Gasteiger partial charge in [0.05, 0.1) is 0 Å². The summed E-state index contributed by atoms with van der Waals surface area (Å²) in [6, 6.07) is -0.933. The van der Waals surface area contributed by atoms with E-state index in [9.17, 15) is 14.4 Å². The highest BCUT2D eigenvalue weighted by Crippen LogP contribution is 2.18. The third-order valence-electron chi connectivity index (χ3n) is 3.95. The van der Waals surface area contributed by atoms with Crippen LogP contribution in [-0.4, -0.2) is 67.4 Å². The van der Waals surface area contributed by atoms with Gasteiger partial charge in [-0.15, -0.1) is 0 Å². The number of hydrogen-bond donors (Lipinski definition) is 2. The molecule has 0 saturated carbocycles. The van der Waals surface area contributed by atoms with E-state index in [1.54, 1.807) is 23.8 Å². The summed E-state index contributed by atoms with van der Waals surface area (Å²) in [4.78, 5) is 38.4. The first-order valence-corrected chi connectivity index (χ1v) is 7.53. The Balaban J connectivity index is 2.41. The van der Waals surface area contributed by atoms with Gasteiger partial charge in [0.25, 0.3) is 0 Å². The Labute approximate surface area is 131 Å². The van der Waals surface area contributed by atoms with Crippen LogP contribution in [-0.2, 0) is 9.59 Å². The van der Waals surface area contributed by atoms with Crippen molar-refractivity contribution >= 4 is 17.8 Å². The van der Waals surface area contributed by atoms with E-state index in [0.29, 0.717) is 25.6 Å². The fourth-order valence-corrected chi connectivity index (χ4v) is 2.60. The molecule has 7 heteroatoms. The zero-order chi connectivity index (χ0) is 16.7. The van der Waals surface area contributed by atoms with Crippen LogP contribution in [0.1, 0.15) is 19.8 Å². The Bertz CT molecular complexity index is 431. The molecule has 2 N–H and O–H groups in total. The second-order valence-corrected chi connectivity index (χ2v) is 5.64. The molecule has 0 bridgehead atoms. The monoisotopic (exact) mass is 310 g/mol. The molecule has 0 aromatic heterocycles. The number of carbonyl (C=O) groups excluding carboxylic acids is 3. The van der Waals surface area contributed by atoms with Crippen molar-refractivity contribution in [2.45, 2.75) is 25.8 Å². The number of nitrogens with zero attached hydrogens (tertiary/aromatic N) is 2. The number of nitrogens with one attached hydrogen (secondary N) is 2. The van der Waals surface area contributed by atoms with Crippen LogP contribution in [0.4, 0.5) is 4.79 Å². The van der Waals surface area contributed by atoms with E-state index >= 15 is 0 Å². The van der Waals surface area contributed by atoms with Gasteiger partial charge in [-0.2, -0.15) is 0 Å². The van der Waals surface area contributed by atoms with Gasteiger partial charge in [0.2, 0.25) is 11.8 Å². The van der Waals surface area contributed by atoms with Crippen LogP contribution in [0.2, 0.25) is 0 Å². The van der Waals surface area contributed by atoms with Crippen LogP contribution < -0.4 is 10.6 Å². The van der Waals surface area contributed by atoms with E-state index in [2.05, 4.69) is 17.2 Å². The van der Waals surface area contributed by atoms with Crippen molar-refractivity contribution in [3.63, 3.8) is 0 Å². The van der Waals surface area contributed by atoms with Crippen LogP contribution in [0.15, 0.2) is 12.7 Å². The zero-order valence-corrected chi connectivity index (χ0v) is 13.6. The molecule has 1 atom stereocenters. The van der Waals surface area contributed by atoms with Crippen molar-refractivity contribution in [2.24, 2.45) is 5.92 Å². The molecule has 0 unspecified atom stereocenters. The molecular formula is C15H26N4O3. The Morgan fingerprint density at radius 1 is 1.36 bits per heavy atom. The molecule has 124 valence electrons. The summed E-state index contributed by atoms with van der Waals surface area (Å²) in [6.07, 6.45) is 3.07. The Morgan fingerprint density at radius 3 is 2.45 bits per heavy atom. The van der Waals surface area contributed by atoms with Crippen molar-refractivity contribution in [3.05, 3.63) is 12.7 Å². The quantitative estimate of drug-likeness (QED) is 0.711. The average molecular weight is 310 g/mol. The summed E-state index contributed by atoms with van der Waals surface area (Å²) < 4.78 is 0. The predicted octanol–water partition coefficient (Wildman–Crippen LogP) is 0.187. The minimum Gasteiger partial charge on any atom is -0.344 e. The molecule has 0 spiro atoms. The second kappa shape index (κ2) is 8.41. The number of piperidine rings is 1. The summed E-state index contributed by atoms with van der Waals surface area (Å²) in [7, 11) is 3.25. The Hall–Kier alpha value is -2.05. The highest BCUT2D eigenvalue weighted by molar-refractivity contribution is 5.87. The molecule has 1 saturated heterocycles. The molecule has 22 heavy (non-hydrogen) atoms. The van der Waals surface area contributed by atoms with Gasteiger partial charge in [0, 0.05) is 33.7 Å². The Kier molecular flexibility index (Phi) is 6.88. The van der Waals surface area contributed by atoms with Crippen LogP contribution in [0.25, 0.3) is 0 Å². The number of rotatable bonds is 5. The fourth-order valence-electron chi connectivity index (χ4n) is 2.60. The smallest absolute Gasteiger partial charge is 0.315 e. The maximum Gasteiger partial charge on any atom is 0.315 e. The van der Waals surface area contributed by atoms with Crippen molar-refractivity contribution in [1.29, 1.82) is 0 Å². The zero-order valence-electron chi connectivity index (χ0n) is 13.6. The van der Waals surface area contributed by atoms with Gasteiger partial charge in [0.1, 0.15) is 6.04 Å². The second-order valence-electron chi connectivity index (χ2n) is 5.64. The number of likely N-dealkylation sites (N-methyl/N-ethyl adjacent to an activating group) is 1. The van der Waals surface area contributed by atoms with Gasteiger partial charge in [-0.3, -0.25) is 9.59 Å². The maximum atomic E-state index is 12.2. The van der Waals surface area contributed by atoms with Gasteiger partial charge in [-0.05, 0) is 31.8 Å². The SMILES string of the molecule is C=CC(=O)N1CCC(CN(C)C(=O)[C@@H](C)NC(=O)NC)CC1. The van der Waals surface area contributed by atoms with E-state index in [1.807, 2.05) is 0 Å². The van der Waals surface area contributed by atoms with Gasteiger partial charge in [0.15, 0.2) is 0 Å². The molecule has 0 aliphatic carbocycles. The lowest BCUT2D eigenvalue weighted by molar-refractivity contribution is -0.133. The molecular weight excluding hydrogens is 284 g/mol. The first-order chi connectivity index (χ1) is 10.4.